The van der Waals surface area contributed by atoms with Crippen molar-refractivity contribution in [3.8, 4) is 5.75 Å². The second-order valence-corrected chi connectivity index (χ2v) is 3.75. The van der Waals surface area contributed by atoms with Gasteiger partial charge in [-0.1, -0.05) is 22.0 Å². The molecule has 0 bridgehead atoms. The Balaban J connectivity index is 3.16. The van der Waals surface area contributed by atoms with Crippen molar-refractivity contribution in [1.29, 1.82) is 0 Å². The lowest BCUT2D eigenvalue weighted by Crippen LogP contribution is -2.09. The van der Waals surface area contributed by atoms with Crippen LogP contribution in [-0.4, -0.2) is 12.4 Å². The number of rotatable bonds is 3. The molecule has 0 saturated carbocycles. The number of halogens is 4. The van der Waals surface area contributed by atoms with Crippen LogP contribution in [0.4, 0.5) is 13.2 Å². The quantitative estimate of drug-likeness (QED) is 0.769. The third-order valence-electron chi connectivity index (χ3n) is 1.99. The SMILES string of the molecule is COc1ccc(CCBr)c(C(F)(F)F)c1. The summed E-state index contributed by atoms with van der Waals surface area (Å²) in [7, 11) is 1.35. The number of hydrogen-bond donors (Lipinski definition) is 0. The van der Waals surface area contributed by atoms with Crippen molar-refractivity contribution in [2.45, 2.75) is 12.6 Å². The third kappa shape index (κ3) is 3.12. The second-order valence-electron chi connectivity index (χ2n) is 2.96. The van der Waals surface area contributed by atoms with Crippen LogP contribution in [0.3, 0.4) is 0 Å². The Labute approximate surface area is 94.4 Å². The number of ether oxygens (including phenoxy) is 1. The molecule has 0 saturated heterocycles. The summed E-state index contributed by atoms with van der Waals surface area (Å²) >= 11 is 3.12. The molecule has 0 heterocycles. The Kier molecular flexibility index (Phi) is 4.02. The average Bonchev–Trinajstić information content (AvgIpc) is 2.17. The lowest BCUT2D eigenvalue weighted by atomic mass is 10.0. The van der Waals surface area contributed by atoms with Crippen LogP contribution >= 0.6 is 15.9 Å². The van der Waals surface area contributed by atoms with Gasteiger partial charge in [0.2, 0.25) is 0 Å². The molecule has 0 amide bonds. The van der Waals surface area contributed by atoms with Gasteiger partial charge in [-0.05, 0) is 24.1 Å². The molecule has 0 N–H and O–H groups in total. The molecule has 1 rings (SSSR count). The zero-order chi connectivity index (χ0) is 11.5. The summed E-state index contributed by atoms with van der Waals surface area (Å²) in [4.78, 5) is 0. The highest BCUT2D eigenvalue weighted by Gasteiger charge is 2.33. The summed E-state index contributed by atoms with van der Waals surface area (Å²) in [6, 6.07) is 4.01. The fourth-order valence-electron chi connectivity index (χ4n) is 1.27. The van der Waals surface area contributed by atoms with Gasteiger partial charge in [-0.15, -0.1) is 0 Å². The predicted molar refractivity (Wildman–Crippen MR) is 55.5 cm³/mol. The monoisotopic (exact) mass is 282 g/mol. The summed E-state index contributed by atoms with van der Waals surface area (Å²) in [6.07, 6.45) is -3.98. The first-order chi connectivity index (χ1) is 6.99. The standard InChI is InChI=1S/C10H10BrF3O/c1-15-8-3-2-7(4-5-11)9(6-8)10(12,13)14/h2-3,6H,4-5H2,1H3. The van der Waals surface area contributed by atoms with E-state index in [1.165, 1.54) is 19.2 Å². The topological polar surface area (TPSA) is 9.23 Å². The summed E-state index contributed by atoms with van der Waals surface area (Å²) < 4.78 is 42.6. The average molecular weight is 283 g/mol. The molecular weight excluding hydrogens is 273 g/mol. The van der Waals surface area contributed by atoms with E-state index in [0.29, 0.717) is 11.8 Å². The number of alkyl halides is 4. The molecule has 0 aliphatic carbocycles. The van der Waals surface area contributed by atoms with E-state index in [0.717, 1.165) is 6.07 Å². The van der Waals surface area contributed by atoms with Gasteiger partial charge < -0.3 is 4.74 Å². The fraction of sp³-hybridized carbons (Fsp3) is 0.400. The maximum atomic E-state index is 12.6. The van der Waals surface area contributed by atoms with Gasteiger partial charge in [-0.3, -0.25) is 0 Å². The van der Waals surface area contributed by atoms with E-state index >= 15 is 0 Å². The minimum Gasteiger partial charge on any atom is -0.497 e. The second kappa shape index (κ2) is 4.88. The highest BCUT2D eigenvalue weighted by molar-refractivity contribution is 9.09. The van der Waals surface area contributed by atoms with E-state index in [1.807, 2.05) is 0 Å². The molecule has 0 aromatic heterocycles. The molecule has 5 heteroatoms. The molecule has 0 aliphatic heterocycles. The van der Waals surface area contributed by atoms with Crippen molar-refractivity contribution in [3.63, 3.8) is 0 Å². The lowest BCUT2D eigenvalue weighted by Gasteiger charge is -2.13. The van der Waals surface area contributed by atoms with Crippen LogP contribution in [-0.2, 0) is 12.6 Å². The molecule has 0 spiro atoms. The van der Waals surface area contributed by atoms with Gasteiger partial charge in [-0.25, -0.2) is 0 Å². The minimum absolute atomic E-state index is 0.223. The number of aryl methyl sites for hydroxylation is 1. The van der Waals surface area contributed by atoms with E-state index < -0.39 is 11.7 Å². The van der Waals surface area contributed by atoms with Gasteiger partial charge >= 0.3 is 6.18 Å². The van der Waals surface area contributed by atoms with E-state index in [9.17, 15) is 13.2 Å². The molecule has 0 unspecified atom stereocenters. The van der Waals surface area contributed by atoms with Crippen molar-refractivity contribution >= 4 is 15.9 Å². The third-order valence-corrected chi connectivity index (χ3v) is 2.38. The number of benzene rings is 1. The Morgan fingerprint density at radius 2 is 2.00 bits per heavy atom. The molecule has 1 nitrogen and oxygen atoms in total. The van der Waals surface area contributed by atoms with Crippen LogP contribution in [0.5, 0.6) is 5.75 Å². The smallest absolute Gasteiger partial charge is 0.416 e. The van der Waals surface area contributed by atoms with Gasteiger partial charge in [0.1, 0.15) is 5.75 Å². The molecule has 84 valence electrons. The Bertz CT molecular complexity index is 336. The molecule has 0 atom stereocenters. The summed E-state index contributed by atoms with van der Waals surface area (Å²) in [5.74, 6) is 0.223. The highest BCUT2D eigenvalue weighted by Crippen LogP contribution is 2.34. The van der Waals surface area contributed by atoms with Crippen molar-refractivity contribution in [1.82, 2.24) is 0 Å². The molecule has 0 aliphatic rings. The normalized spacial score (nSPS) is 11.5. The lowest BCUT2D eigenvalue weighted by molar-refractivity contribution is -0.138. The van der Waals surface area contributed by atoms with E-state index in [1.54, 1.807) is 0 Å². The van der Waals surface area contributed by atoms with E-state index in [4.69, 9.17) is 4.74 Å². The van der Waals surface area contributed by atoms with Crippen LogP contribution in [0, 0.1) is 0 Å². The van der Waals surface area contributed by atoms with Crippen LogP contribution in [0.1, 0.15) is 11.1 Å². The van der Waals surface area contributed by atoms with Gasteiger partial charge in [-0.2, -0.15) is 13.2 Å². The Morgan fingerprint density at radius 3 is 2.47 bits per heavy atom. The number of methoxy groups -OCH3 is 1. The maximum Gasteiger partial charge on any atom is 0.416 e. The molecule has 15 heavy (non-hydrogen) atoms. The molecule has 1 aromatic carbocycles. The van der Waals surface area contributed by atoms with Gasteiger partial charge in [0.05, 0.1) is 12.7 Å². The van der Waals surface area contributed by atoms with Crippen LogP contribution in [0.2, 0.25) is 0 Å². The zero-order valence-corrected chi connectivity index (χ0v) is 9.65. The molecular formula is C10H10BrF3O. The van der Waals surface area contributed by atoms with Crippen molar-refractivity contribution in [2.75, 3.05) is 12.4 Å². The minimum atomic E-state index is -4.33. The van der Waals surface area contributed by atoms with Crippen LogP contribution < -0.4 is 4.74 Å². The molecule has 1 aromatic rings. The van der Waals surface area contributed by atoms with Crippen molar-refractivity contribution in [3.05, 3.63) is 29.3 Å². The summed E-state index contributed by atoms with van der Waals surface area (Å²) in [5, 5.41) is 0.502. The first-order valence-corrected chi connectivity index (χ1v) is 5.41. The predicted octanol–water partition coefficient (Wildman–Crippen LogP) is 3.65. The van der Waals surface area contributed by atoms with Crippen LogP contribution in [0.15, 0.2) is 18.2 Å². The summed E-state index contributed by atoms with van der Waals surface area (Å²) in [6.45, 7) is 0. The van der Waals surface area contributed by atoms with E-state index in [2.05, 4.69) is 15.9 Å². The first-order valence-electron chi connectivity index (χ1n) is 4.29. The Morgan fingerprint density at radius 1 is 1.33 bits per heavy atom. The fourth-order valence-corrected chi connectivity index (χ4v) is 1.69. The molecule has 0 radical (unpaired) electrons. The van der Waals surface area contributed by atoms with Gasteiger partial charge in [0.25, 0.3) is 0 Å². The number of hydrogen-bond acceptors (Lipinski definition) is 1. The van der Waals surface area contributed by atoms with E-state index in [-0.39, 0.29) is 11.3 Å². The zero-order valence-electron chi connectivity index (χ0n) is 8.07. The first kappa shape index (κ1) is 12.4. The van der Waals surface area contributed by atoms with Crippen LogP contribution in [0.25, 0.3) is 0 Å². The van der Waals surface area contributed by atoms with Gasteiger partial charge in [0, 0.05) is 5.33 Å². The van der Waals surface area contributed by atoms with Crippen molar-refractivity contribution < 1.29 is 17.9 Å². The highest BCUT2D eigenvalue weighted by atomic mass is 79.9. The van der Waals surface area contributed by atoms with Crippen molar-refractivity contribution in [2.24, 2.45) is 0 Å². The summed E-state index contributed by atoms with van der Waals surface area (Å²) in [5.41, 5.74) is -0.346. The molecule has 0 fully saturated rings. The maximum absolute atomic E-state index is 12.6. The largest absolute Gasteiger partial charge is 0.497 e. The van der Waals surface area contributed by atoms with Gasteiger partial charge in [0.15, 0.2) is 0 Å². The Hall–Kier alpha value is -0.710.